The Morgan fingerprint density at radius 1 is 1.48 bits per heavy atom. The zero-order chi connectivity index (χ0) is 15.5. The van der Waals surface area contributed by atoms with E-state index >= 15 is 0 Å². The second-order valence-electron chi connectivity index (χ2n) is 5.45. The normalized spacial score (nSPS) is 19.8. The Morgan fingerprint density at radius 3 is 2.90 bits per heavy atom. The maximum Gasteiger partial charge on any atom is 0.179 e. The molecule has 116 valence electrons. The average Bonchev–Trinajstić information content (AvgIpc) is 2.93. The van der Waals surface area contributed by atoms with Crippen LogP contribution >= 0.6 is 12.2 Å². The fourth-order valence-electron chi connectivity index (χ4n) is 2.85. The topological polar surface area (TPSA) is 63.4 Å². The minimum atomic E-state index is -3.29. The fraction of sp³-hybridized carbons (Fsp3) is 0.533. The summed E-state index contributed by atoms with van der Waals surface area (Å²) < 4.78 is 24.9. The smallest absolute Gasteiger partial charge is 0.179 e. The van der Waals surface area contributed by atoms with Crippen molar-refractivity contribution in [3.63, 3.8) is 0 Å². The van der Waals surface area contributed by atoms with E-state index in [4.69, 9.17) is 18.0 Å². The Bertz CT molecular complexity index is 614. The first-order valence-corrected chi connectivity index (χ1v) is 9.37. The minimum absolute atomic E-state index is 0.143. The average molecular weight is 326 g/mol. The van der Waals surface area contributed by atoms with Crippen molar-refractivity contribution in [2.45, 2.75) is 37.1 Å². The molecule has 0 aliphatic carbocycles. The van der Waals surface area contributed by atoms with Gasteiger partial charge in [-0.15, -0.1) is 0 Å². The predicted octanol–water partition coefficient (Wildman–Crippen LogP) is 1.97. The highest BCUT2D eigenvalue weighted by molar-refractivity contribution is 7.91. The van der Waals surface area contributed by atoms with Crippen LogP contribution in [0.25, 0.3) is 0 Å². The SMILES string of the molecule is CCC1CCCN1CCS(=O)(=O)c1cccc(C(N)=S)c1. The van der Waals surface area contributed by atoms with E-state index in [2.05, 4.69) is 11.8 Å². The number of hydrogen-bond donors (Lipinski definition) is 1. The van der Waals surface area contributed by atoms with Gasteiger partial charge in [0.1, 0.15) is 4.99 Å². The van der Waals surface area contributed by atoms with Crippen LogP contribution in [0.15, 0.2) is 29.2 Å². The van der Waals surface area contributed by atoms with Crippen molar-refractivity contribution >= 4 is 27.0 Å². The highest BCUT2D eigenvalue weighted by Gasteiger charge is 2.25. The van der Waals surface area contributed by atoms with Gasteiger partial charge in [-0.1, -0.05) is 31.3 Å². The lowest BCUT2D eigenvalue weighted by Gasteiger charge is -2.23. The second kappa shape index (κ2) is 6.85. The van der Waals surface area contributed by atoms with Gasteiger partial charge in [0, 0.05) is 18.2 Å². The first kappa shape index (κ1) is 16.4. The van der Waals surface area contributed by atoms with E-state index < -0.39 is 9.84 Å². The summed E-state index contributed by atoms with van der Waals surface area (Å²) in [4.78, 5) is 2.81. The van der Waals surface area contributed by atoms with E-state index in [-0.39, 0.29) is 10.7 Å². The minimum Gasteiger partial charge on any atom is -0.389 e. The summed E-state index contributed by atoms with van der Waals surface area (Å²) in [6, 6.07) is 7.13. The molecule has 0 aromatic heterocycles. The van der Waals surface area contributed by atoms with Crippen LogP contribution in [0.1, 0.15) is 31.7 Å². The maximum atomic E-state index is 12.4. The molecule has 1 fully saturated rings. The predicted molar refractivity (Wildman–Crippen MR) is 89.3 cm³/mol. The largest absolute Gasteiger partial charge is 0.389 e. The molecule has 0 spiro atoms. The zero-order valence-electron chi connectivity index (χ0n) is 12.3. The van der Waals surface area contributed by atoms with Crippen molar-refractivity contribution in [3.8, 4) is 0 Å². The maximum absolute atomic E-state index is 12.4. The summed E-state index contributed by atoms with van der Waals surface area (Å²) in [5, 5.41) is 0. The van der Waals surface area contributed by atoms with E-state index in [1.165, 1.54) is 6.42 Å². The quantitative estimate of drug-likeness (QED) is 0.810. The monoisotopic (exact) mass is 326 g/mol. The number of thiocarbonyl (C=S) groups is 1. The lowest BCUT2D eigenvalue weighted by atomic mass is 10.2. The summed E-state index contributed by atoms with van der Waals surface area (Å²) in [5.41, 5.74) is 6.16. The molecule has 6 heteroatoms. The molecule has 1 atom stereocenters. The standard InChI is InChI=1S/C15H22N2O2S2/c1-2-13-6-4-8-17(13)9-10-21(18,19)14-7-3-5-12(11-14)15(16)20/h3,5,7,11,13H,2,4,6,8-10H2,1H3,(H2,16,20). The molecule has 1 aliphatic rings. The van der Waals surface area contributed by atoms with Gasteiger partial charge >= 0.3 is 0 Å². The van der Waals surface area contributed by atoms with Crippen LogP contribution in [0.5, 0.6) is 0 Å². The van der Waals surface area contributed by atoms with Gasteiger partial charge in [0.05, 0.1) is 10.6 Å². The third-order valence-electron chi connectivity index (χ3n) is 4.10. The van der Waals surface area contributed by atoms with E-state index in [1.54, 1.807) is 24.3 Å². The number of nitrogens with zero attached hydrogens (tertiary/aromatic N) is 1. The first-order valence-electron chi connectivity index (χ1n) is 7.30. The molecule has 1 heterocycles. The van der Waals surface area contributed by atoms with Gasteiger partial charge in [-0.25, -0.2) is 8.42 Å². The van der Waals surface area contributed by atoms with Crippen LogP contribution in [-0.2, 0) is 9.84 Å². The van der Waals surface area contributed by atoms with Crippen molar-refractivity contribution in [3.05, 3.63) is 29.8 Å². The molecule has 0 amide bonds. The molecule has 2 rings (SSSR count). The van der Waals surface area contributed by atoms with Crippen molar-refractivity contribution in [2.75, 3.05) is 18.8 Å². The van der Waals surface area contributed by atoms with Gasteiger partial charge in [0.15, 0.2) is 9.84 Å². The van der Waals surface area contributed by atoms with Crippen LogP contribution in [0.3, 0.4) is 0 Å². The molecule has 2 N–H and O–H groups in total. The number of rotatable bonds is 6. The Morgan fingerprint density at radius 2 is 2.24 bits per heavy atom. The molecule has 1 aromatic carbocycles. The third-order valence-corrected chi connectivity index (χ3v) is 6.02. The zero-order valence-corrected chi connectivity index (χ0v) is 13.9. The van der Waals surface area contributed by atoms with Crippen molar-refractivity contribution in [1.82, 2.24) is 4.90 Å². The van der Waals surface area contributed by atoms with Gasteiger partial charge in [-0.2, -0.15) is 0 Å². The molecular formula is C15H22N2O2S2. The summed E-state index contributed by atoms with van der Waals surface area (Å²) in [6.45, 7) is 3.75. The molecule has 0 saturated carbocycles. The van der Waals surface area contributed by atoms with Gasteiger partial charge in [0.25, 0.3) is 0 Å². The van der Waals surface area contributed by atoms with Crippen molar-refractivity contribution < 1.29 is 8.42 Å². The summed E-state index contributed by atoms with van der Waals surface area (Å²) in [7, 11) is -3.29. The van der Waals surface area contributed by atoms with Gasteiger partial charge < -0.3 is 5.73 Å². The van der Waals surface area contributed by atoms with Crippen molar-refractivity contribution in [2.24, 2.45) is 5.73 Å². The summed E-state index contributed by atoms with van der Waals surface area (Å²) in [5.74, 6) is 0.143. The molecule has 0 radical (unpaired) electrons. The van der Waals surface area contributed by atoms with Crippen molar-refractivity contribution in [1.29, 1.82) is 0 Å². The number of nitrogens with two attached hydrogens (primary N) is 1. The van der Waals surface area contributed by atoms with Gasteiger partial charge in [0.2, 0.25) is 0 Å². The number of hydrogen-bond acceptors (Lipinski definition) is 4. The molecule has 1 unspecified atom stereocenters. The Labute approximate surface area is 132 Å². The Hall–Kier alpha value is -0.980. The molecule has 1 aliphatic heterocycles. The van der Waals surface area contributed by atoms with Crippen LogP contribution in [-0.4, -0.2) is 43.2 Å². The van der Waals surface area contributed by atoms with Crippen LogP contribution in [0.2, 0.25) is 0 Å². The number of sulfone groups is 1. The van der Waals surface area contributed by atoms with Gasteiger partial charge in [-0.05, 0) is 37.9 Å². The lowest BCUT2D eigenvalue weighted by molar-refractivity contribution is 0.262. The highest BCUT2D eigenvalue weighted by atomic mass is 32.2. The third kappa shape index (κ3) is 4.02. The molecule has 21 heavy (non-hydrogen) atoms. The molecule has 1 aromatic rings. The highest BCUT2D eigenvalue weighted by Crippen LogP contribution is 2.20. The van der Waals surface area contributed by atoms with E-state index in [1.807, 2.05) is 0 Å². The van der Waals surface area contributed by atoms with Crippen LogP contribution < -0.4 is 5.73 Å². The fourth-order valence-corrected chi connectivity index (χ4v) is 4.28. The second-order valence-corrected chi connectivity index (χ2v) is 8.00. The lowest BCUT2D eigenvalue weighted by Crippen LogP contribution is -2.33. The number of benzene rings is 1. The van der Waals surface area contributed by atoms with Crippen LogP contribution in [0, 0.1) is 0 Å². The van der Waals surface area contributed by atoms with Gasteiger partial charge in [-0.3, -0.25) is 4.90 Å². The molecular weight excluding hydrogens is 304 g/mol. The van der Waals surface area contributed by atoms with E-state index in [0.717, 1.165) is 19.4 Å². The Balaban J connectivity index is 2.08. The first-order chi connectivity index (χ1) is 9.94. The molecule has 1 saturated heterocycles. The van der Waals surface area contributed by atoms with Crippen LogP contribution in [0.4, 0.5) is 0 Å². The summed E-state index contributed by atoms with van der Waals surface area (Å²) in [6.07, 6.45) is 3.42. The summed E-state index contributed by atoms with van der Waals surface area (Å²) >= 11 is 4.90. The molecule has 0 bridgehead atoms. The van der Waals surface area contributed by atoms with E-state index in [9.17, 15) is 8.42 Å². The number of likely N-dealkylation sites (tertiary alicyclic amines) is 1. The molecule has 4 nitrogen and oxygen atoms in total. The van der Waals surface area contributed by atoms with E-state index in [0.29, 0.717) is 23.0 Å². The Kier molecular flexibility index (Phi) is 5.35.